The lowest BCUT2D eigenvalue weighted by atomic mass is 9.88. The molecular formula is C17H24FN3. The van der Waals surface area contributed by atoms with Gasteiger partial charge in [0.05, 0.1) is 11.7 Å². The molecule has 1 aromatic carbocycles. The number of halogens is 1. The number of rotatable bonds is 6. The smallest absolute Gasteiger partial charge is 0.123 e. The molecule has 1 heterocycles. The van der Waals surface area contributed by atoms with Crippen molar-refractivity contribution in [1.29, 1.82) is 0 Å². The van der Waals surface area contributed by atoms with E-state index >= 15 is 0 Å². The zero-order chi connectivity index (χ0) is 15.5. The largest absolute Gasteiger partial charge is 0.321 e. The van der Waals surface area contributed by atoms with Gasteiger partial charge in [-0.15, -0.1) is 0 Å². The van der Waals surface area contributed by atoms with Crippen LogP contribution in [0, 0.1) is 5.82 Å². The Bertz CT molecular complexity index is 585. The summed E-state index contributed by atoms with van der Waals surface area (Å²) in [6, 6.07) is 8.92. The highest BCUT2D eigenvalue weighted by atomic mass is 19.1. The van der Waals surface area contributed by atoms with Crippen LogP contribution in [0.5, 0.6) is 0 Å². The zero-order valence-corrected chi connectivity index (χ0v) is 13.0. The maximum Gasteiger partial charge on any atom is 0.123 e. The maximum atomic E-state index is 13.4. The maximum absolute atomic E-state index is 13.4. The molecule has 2 rings (SSSR count). The van der Waals surface area contributed by atoms with E-state index < -0.39 is 5.54 Å². The SMILES string of the molecule is CCC(CC)n1ccc(CC(C)(N)c2cccc(F)c2)n1. The van der Waals surface area contributed by atoms with Crippen molar-refractivity contribution in [2.45, 2.75) is 51.6 Å². The van der Waals surface area contributed by atoms with Gasteiger partial charge in [-0.2, -0.15) is 5.10 Å². The average molecular weight is 289 g/mol. The summed E-state index contributed by atoms with van der Waals surface area (Å²) in [5.74, 6) is -0.258. The summed E-state index contributed by atoms with van der Waals surface area (Å²) in [5, 5.41) is 4.63. The number of hydrogen-bond donors (Lipinski definition) is 1. The van der Waals surface area contributed by atoms with Crippen molar-refractivity contribution in [2.75, 3.05) is 0 Å². The van der Waals surface area contributed by atoms with E-state index in [1.807, 2.05) is 29.9 Å². The molecule has 0 aliphatic rings. The molecule has 21 heavy (non-hydrogen) atoms. The first-order chi connectivity index (χ1) is 9.96. The molecule has 0 aliphatic heterocycles. The highest BCUT2D eigenvalue weighted by molar-refractivity contribution is 5.26. The van der Waals surface area contributed by atoms with E-state index in [2.05, 4.69) is 18.9 Å². The molecule has 1 unspecified atom stereocenters. The second-order valence-electron chi connectivity index (χ2n) is 5.86. The van der Waals surface area contributed by atoms with Gasteiger partial charge in [0, 0.05) is 18.2 Å². The number of nitrogens with two attached hydrogens (primary N) is 1. The van der Waals surface area contributed by atoms with Crippen LogP contribution in [0.4, 0.5) is 4.39 Å². The average Bonchev–Trinajstić information content (AvgIpc) is 2.88. The lowest BCUT2D eigenvalue weighted by Gasteiger charge is -2.24. The van der Waals surface area contributed by atoms with Gasteiger partial charge in [-0.25, -0.2) is 4.39 Å². The van der Waals surface area contributed by atoms with Gasteiger partial charge in [0.15, 0.2) is 0 Å². The van der Waals surface area contributed by atoms with E-state index in [0.717, 1.165) is 24.1 Å². The van der Waals surface area contributed by atoms with Gasteiger partial charge in [-0.3, -0.25) is 4.68 Å². The van der Waals surface area contributed by atoms with E-state index in [4.69, 9.17) is 5.73 Å². The molecular weight excluding hydrogens is 265 g/mol. The van der Waals surface area contributed by atoms with Crippen molar-refractivity contribution in [3.05, 3.63) is 53.6 Å². The highest BCUT2D eigenvalue weighted by Gasteiger charge is 2.23. The third-order valence-electron chi connectivity index (χ3n) is 4.01. The molecule has 0 bridgehead atoms. The zero-order valence-electron chi connectivity index (χ0n) is 13.0. The fraction of sp³-hybridized carbons (Fsp3) is 0.471. The minimum Gasteiger partial charge on any atom is -0.321 e. The minimum absolute atomic E-state index is 0.258. The normalized spacial score (nSPS) is 14.4. The van der Waals surface area contributed by atoms with Gasteiger partial charge in [0.1, 0.15) is 5.82 Å². The van der Waals surface area contributed by atoms with Gasteiger partial charge < -0.3 is 5.73 Å². The van der Waals surface area contributed by atoms with Crippen LogP contribution in [-0.4, -0.2) is 9.78 Å². The molecule has 0 saturated carbocycles. The Labute approximate surface area is 126 Å². The van der Waals surface area contributed by atoms with Crippen molar-refractivity contribution >= 4 is 0 Å². The molecule has 1 atom stereocenters. The van der Waals surface area contributed by atoms with Crippen molar-refractivity contribution in [1.82, 2.24) is 9.78 Å². The number of benzene rings is 1. The Kier molecular flexibility index (Phi) is 4.78. The van der Waals surface area contributed by atoms with Crippen LogP contribution in [0.1, 0.15) is 50.9 Å². The first-order valence-corrected chi connectivity index (χ1v) is 7.55. The standard InChI is InChI=1S/C17H24FN3/c1-4-16(5-2)21-10-9-15(20-21)12-17(3,19)13-7-6-8-14(18)11-13/h6-11,16H,4-5,12,19H2,1-3H3. The molecule has 0 amide bonds. The molecule has 3 nitrogen and oxygen atoms in total. The molecule has 0 fully saturated rings. The fourth-order valence-corrected chi connectivity index (χ4v) is 2.66. The van der Waals surface area contributed by atoms with Crippen LogP contribution in [-0.2, 0) is 12.0 Å². The number of nitrogens with zero attached hydrogens (tertiary/aromatic N) is 2. The molecule has 0 spiro atoms. The summed E-state index contributed by atoms with van der Waals surface area (Å²) >= 11 is 0. The van der Waals surface area contributed by atoms with Crippen molar-refractivity contribution < 1.29 is 4.39 Å². The molecule has 114 valence electrons. The van der Waals surface area contributed by atoms with E-state index in [-0.39, 0.29) is 5.82 Å². The second kappa shape index (κ2) is 6.39. The van der Waals surface area contributed by atoms with Crippen LogP contribution in [0.2, 0.25) is 0 Å². The van der Waals surface area contributed by atoms with Crippen LogP contribution in [0.15, 0.2) is 36.5 Å². The molecule has 0 saturated heterocycles. The van der Waals surface area contributed by atoms with Crippen LogP contribution in [0.3, 0.4) is 0 Å². The molecule has 0 radical (unpaired) electrons. The van der Waals surface area contributed by atoms with E-state index in [0.29, 0.717) is 12.5 Å². The van der Waals surface area contributed by atoms with Crippen molar-refractivity contribution in [3.63, 3.8) is 0 Å². The Hall–Kier alpha value is -1.68. The van der Waals surface area contributed by atoms with Gasteiger partial charge in [0.25, 0.3) is 0 Å². The first kappa shape index (κ1) is 15.7. The van der Waals surface area contributed by atoms with Crippen molar-refractivity contribution in [2.24, 2.45) is 5.73 Å². The third-order valence-corrected chi connectivity index (χ3v) is 4.01. The van der Waals surface area contributed by atoms with E-state index in [9.17, 15) is 4.39 Å². The van der Waals surface area contributed by atoms with E-state index in [1.165, 1.54) is 12.1 Å². The van der Waals surface area contributed by atoms with Gasteiger partial charge in [-0.05, 0) is 43.5 Å². The first-order valence-electron chi connectivity index (χ1n) is 7.55. The third kappa shape index (κ3) is 3.70. The quantitative estimate of drug-likeness (QED) is 0.879. The predicted octanol–water partition coefficient (Wildman–Crippen LogP) is 3.80. The monoisotopic (exact) mass is 289 g/mol. The van der Waals surface area contributed by atoms with Gasteiger partial charge in [0.2, 0.25) is 0 Å². The molecule has 2 aromatic rings. The summed E-state index contributed by atoms with van der Waals surface area (Å²) in [5.41, 5.74) is 7.48. The topological polar surface area (TPSA) is 43.8 Å². The summed E-state index contributed by atoms with van der Waals surface area (Å²) in [7, 11) is 0. The highest BCUT2D eigenvalue weighted by Crippen LogP contribution is 2.23. The van der Waals surface area contributed by atoms with E-state index in [1.54, 1.807) is 6.07 Å². The second-order valence-corrected chi connectivity index (χ2v) is 5.86. The Morgan fingerprint density at radius 1 is 1.29 bits per heavy atom. The minimum atomic E-state index is -0.630. The Balaban J connectivity index is 2.17. The van der Waals surface area contributed by atoms with Crippen LogP contribution >= 0.6 is 0 Å². The lowest BCUT2D eigenvalue weighted by Crippen LogP contribution is -2.35. The van der Waals surface area contributed by atoms with Gasteiger partial charge >= 0.3 is 0 Å². The molecule has 2 N–H and O–H groups in total. The van der Waals surface area contributed by atoms with Crippen LogP contribution in [0.25, 0.3) is 0 Å². The van der Waals surface area contributed by atoms with Crippen molar-refractivity contribution in [3.8, 4) is 0 Å². The summed E-state index contributed by atoms with van der Waals surface area (Å²) in [6.45, 7) is 6.24. The predicted molar refractivity (Wildman–Crippen MR) is 83.5 cm³/mol. The number of aromatic nitrogens is 2. The summed E-state index contributed by atoms with van der Waals surface area (Å²) in [6.07, 6.45) is 4.71. The lowest BCUT2D eigenvalue weighted by molar-refractivity contribution is 0.417. The molecule has 0 aliphatic carbocycles. The summed E-state index contributed by atoms with van der Waals surface area (Å²) in [4.78, 5) is 0. The fourth-order valence-electron chi connectivity index (χ4n) is 2.66. The Morgan fingerprint density at radius 2 is 2.00 bits per heavy atom. The summed E-state index contributed by atoms with van der Waals surface area (Å²) < 4.78 is 15.4. The molecule has 4 heteroatoms. The Morgan fingerprint density at radius 3 is 2.62 bits per heavy atom. The molecule has 1 aromatic heterocycles. The van der Waals surface area contributed by atoms with Crippen LogP contribution < -0.4 is 5.73 Å². The number of hydrogen-bond acceptors (Lipinski definition) is 2. The van der Waals surface area contributed by atoms with Gasteiger partial charge in [-0.1, -0.05) is 26.0 Å².